The van der Waals surface area contributed by atoms with Gasteiger partial charge in [-0.15, -0.1) is 15.3 Å². The highest BCUT2D eigenvalue weighted by atomic mass is 19.4. The summed E-state index contributed by atoms with van der Waals surface area (Å²) < 4.78 is 45.4. The van der Waals surface area contributed by atoms with E-state index in [1.807, 2.05) is 4.90 Å². The summed E-state index contributed by atoms with van der Waals surface area (Å²) in [7, 11) is 0. The maximum Gasteiger partial charge on any atom is 0.453 e. The Labute approximate surface area is 171 Å². The van der Waals surface area contributed by atoms with Crippen molar-refractivity contribution in [3.05, 3.63) is 18.0 Å². The molecule has 2 aliphatic rings. The van der Waals surface area contributed by atoms with Gasteiger partial charge in [0.1, 0.15) is 5.82 Å². The topological polar surface area (TPSA) is 84.6 Å². The second-order valence-electron chi connectivity index (χ2n) is 7.91. The zero-order valence-electron chi connectivity index (χ0n) is 16.6. The summed E-state index contributed by atoms with van der Waals surface area (Å²) in [5.41, 5.74) is 0.0430. The van der Waals surface area contributed by atoms with Crippen molar-refractivity contribution < 1.29 is 22.7 Å². The number of carbonyl (C=O) groups excluding carboxylic acids is 1. The molecule has 0 bridgehead atoms. The quantitative estimate of drug-likeness (QED) is 0.652. The van der Waals surface area contributed by atoms with Gasteiger partial charge in [0.05, 0.1) is 0 Å². The maximum absolute atomic E-state index is 13.0. The first-order valence-electron chi connectivity index (χ1n) is 10.3. The highest BCUT2D eigenvalue weighted by Crippen LogP contribution is 2.29. The van der Waals surface area contributed by atoms with Crippen LogP contribution in [0.2, 0.25) is 0 Å². The summed E-state index contributed by atoms with van der Waals surface area (Å²) in [5, 5.41) is 13.7. The molecule has 0 aromatic carbocycles. The van der Waals surface area contributed by atoms with Crippen LogP contribution in [0.4, 0.5) is 19.0 Å². The van der Waals surface area contributed by atoms with E-state index >= 15 is 0 Å². The Morgan fingerprint density at radius 2 is 1.93 bits per heavy atom. The molecule has 1 aliphatic heterocycles. The smallest absolute Gasteiger partial charge is 0.381 e. The van der Waals surface area contributed by atoms with Crippen molar-refractivity contribution in [2.45, 2.75) is 38.3 Å². The molecule has 8 nitrogen and oxygen atoms in total. The number of nitrogens with one attached hydrogen (secondary N) is 1. The number of rotatable bonds is 8. The van der Waals surface area contributed by atoms with Gasteiger partial charge in [-0.2, -0.15) is 17.7 Å². The largest absolute Gasteiger partial charge is 0.453 e. The fraction of sp³-hybridized carbons (Fsp3) is 0.684. The highest BCUT2D eigenvalue weighted by Gasteiger charge is 2.38. The SMILES string of the molecule is O=C(NCCCOCC1CC1)C1CCN(c2ccc3nnc(C(F)(F)F)n3n2)CC1. The van der Waals surface area contributed by atoms with Crippen LogP contribution in [0.25, 0.3) is 5.65 Å². The third-order valence-electron chi connectivity index (χ3n) is 5.51. The van der Waals surface area contributed by atoms with Crippen LogP contribution < -0.4 is 10.2 Å². The molecule has 30 heavy (non-hydrogen) atoms. The summed E-state index contributed by atoms with van der Waals surface area (Å²) in [5.74, 6) is -0.0595. The second-order valence-corrected chi connectivity index (χ2v) is 7.91. The van der Waals surface area contributed by atoms with Crippen molar-refractivity contribution in [3.63, 3.8) is 0 Å². The van der Waals surface area contributed by atoms with E-state index in [4.69, 9.17) is 4.74 Å². The molecule has 164 valence electrons. The summed E-state index contributed by atoms with van der Waals surface area (Å²) in [6.07, 6.45) is -0.0557. The van der Waals surface area contributed by atoms with Crippen LogP contribution in [0, 0.1) is 11.8 Å². The van der Waals surface area contributed by atoms with E-state index < -0.39 is 12.0 Å². The number of aromatic nitrogens is 4. The first-order chi connectivity index (χ1) is 14.4. The van der Waals surface area contributed by atoms with Crippen molar-refractivity contribution >= 4 is 17.4 Å². The van der Waals surface area contributed by atoms with Crippen molar-refractivity contribution in [1.29, 1.82) is 0 Å². The molecule has 1 saturated carbocycles. The molecule has 2 fully saturated rings. The Morgan fingerprint density at radius 1 is 1.17 bits per heavy atom. The number of ether oxygens (including phenoxy) is 1. The molecular formula is C19H25F3N6O2. The number of alkyl halides is 3. The van der Waals surface area contributed by atoms with Gasteiger partial charge < -0.3 is 15.0 Å². The number of nitrogens with zero attached hydrogens (tertiary/aromatic N) is 5. The third kappa shape index (κ3) is 5.00. The predicted octanol–water partition coefficient (Wildman–Crippen LogP) is 2.29. The van der Waals surface area contributed by atoms with E-state index in [-0.39, 0.29) is 17.5 Å². The average molecular weight is 426 g/mol. The summed E-state index contributed by atoms with van der Waals surface area (Å²) >= 11 is 0. The Balaban J connectivity index is 1.25. The number of amides is 1. The minimum Gasteiger partial charge on any atom is -0.381 e. The van der Waals surface area contributed by atoms with Crippen LogP contribution in [-0.4, -0.2) is 58.6 Å². The molecule has 2 aromatic heterocycles. The molecule has 4 rings (SSSR count). The lowest BCUT2D eigenvalue weighted by atomic mass is 9.96. The number of anilines is 1. The fourth-order valence-electron chi connectivity index (χ4n) is 3.56. The summed E-state index contributed by atoms with van der Waals surface area (Å²) in [4.78, 5) is 14.2. The van der Waals surface area contributed by atoms with E-state index in [2.05, 4.69) is 20.6 Å². The Morgan fingerprint density at radius 3 is 2.63 bits per heavy atom. The summed E-state index contributed by atoms with van der Waals surface area (Å²) in [6, 6.07) is 3.10. The zero-order chi connectivity index (χ0) is 21.1. The monoisotopic (exact) mass is 426 g/mol. The van der Waals surface area contributed by atoms with Crippen LogP contribution in [0.15, 0.2) is 12.1 Å². The Bertz CT molecular complexity index is 875. The molecule has 0 radical (unpaired) electrons. The van der Waals surface area contributed by atoms with Crippen LogP contribution in [0.5, 0.6) is 0 Å². The number of hydrogen-bond donors (Lipinski definition) is 1. The van der Waals surface area contributed by atoms with Gasteiger partial charge in [-0.1, -0.05) is 0 Å². The number of carbonyl (C=O) groups is 1. The van der Waals surface area contributed by atoms with E-state index in [0.717, 1.165) is 23.5 Å². The average Bonchev–Trinajstić information content (AvgIpc) is 3.45. The first-order valence-corrected chi connectivity index (χ1v) is 10.3. The predicted molar refractivity (Wildman–Crippen MR) is 102 cm³/mol. The van der Waals surface area contributed by atoms with Crippen LogP contribution in [-0.2, 0) is 15.7 Å². The van der Waals surface area contributed by atoms with E-state index in [9.17, 15) is 18.0 Å². The van der Waals surface area contributed by atoms with Gasteiger partial charge in [0.15, 0.2) is 5.65 Å². The second kappa shape index (κ2) is 8.75. The number of fused-ring (bicyclic) bond motifs is 1. The van der Waals surface area contributed by atoms with Gasteiger partial charge in [-0.05, 0) is 50.2 Å². The highest BCUT2D eigenvalue weighted by molar-refractivity contribution is 5.78. The minimum atomic E-state index is -4.63. The standard InChI is InChI=1S/C19H25F3N6O2/c20-19(21,22)18-25-24-15-4-5-16(26-28(15)18)27-9-6-14(7-10-27)17(29)23-8-1-11-30-12-13-2-3-13/h4-5,13-14H,1-3,6-12H2,(H,23,29). The minimum absolute atomic E-state index is 0.0263. The molecule has 0 spiro atoms. The van der Waals surface area contributed by atoms with E-state index in [1.54, 1.807) is 6.07 Å². The van der Waals surface area contributed by atoms with Gasteiger partial charge in [0, 0.05) is 38.8 Å². The first kappa shape index (κ1) is 20.8. The Kier molecular flexibility index (Phi) is 6.07. The summed E-state index contributed by atoms with van der Waals surface area (Å²) in [6.45, 7) is 3.17. The van der Waals surface area contributed by atoms with Crippen molar-refractivity contribution in [1.82, 2.24) is 25.1 Å². The molecule has 1 aliphatic carbocycles. The molecule has 0 atom stereocenters. The van der Waals surface area contributed by atoms with Gasteiger partial charge in [-0.3, -0.25) is 4.79 Å². The van der Waals surface area contributed by atoms with Gasteiger partial charge >= 0.3 is 6.18 Å². The molecule has 1 amide bonds. The van der Waals surface area contributed by atoms with Gasteiger partial charge in [-0.25, -0.2) is 0 Å². The normalized spacial score (nSPS) is 18.2. The van der Waals surface area contributed by atoms with E-state index in [1.165, 1.54) is 18.9 Å². The third-order valence-corrected chi connectivity index (χ3v) is 5.51. The molecule has 1 saturated heterocycles. The molecule has 1 N–H and O–H groups in total. The fourth-order valence-corrected chi connectivity index (χ4v) is 3.56. The lowest BCUT2D eigenvalue weighted by Gasteiger charge is -2.32. The molecule has 0 unspecified atom stereocenters. The number of halogens is 3. The van der Waals surface area contributed by atoms with Crippen molar-refractivity contribution in [2.24, 2.45) is 11.8 Å². The molecule has 3 heterocycles. The lowest BCUT2D eigenvalue weighted by molar-refractivity contribution is -0.146. The molecule has 11 heteroatoms. The Hall–Kier alpha value is -2.43. The molecular weight excluding hydrogens is 401 g/mol. The van der Waals surface area contributed by atoms with E-state index in [0.29, 0.717) is 44.9 Å². The van der Waals surface area contributed by atoms with Crippen molar-refractivity contribution in [2.75, 3.05) is 37.7 Å². The maximum atomic E-state index is 13.0. The molecule has 2 aromatic rings. The van der Waals surface area contributed by atoms with Gasteiger partial charge in [0.2, 0.25) is 5.91 Å². The van der Waals surface area contributed by atoms with Crippen molar-refractivity contribution in [3.8, 4) is 0 Å². The van der Waals surface area contributed by atoms with Crippen LogP contribution >= 0.6 is 0 Å². The van der Waals surface area contributed by atoms with Crippen LogP contribution in [0.1, 0.15) is 37.9 Å². The number of piperidine rings is 1. The lowest BCUT2D eigenvalue weighted by Crippen LogP contribution is -2.41. The zero-order valence-corrected chi connectivity index (χ0v) is 16.6. The van der Waals surface area contributed by atoms with Gasteiger partial charge in [0.25, 0.3) is 5.82 Å². The number of hydrogen-bond acceptors (Lipinski definition) is 6. The van der Waals surface area contributed by atoms with Crippen LogP contribution in [0.3, 0.4) is 0 Å².